The fourth-order valence-electron chi connectivity index (χ4n) is 1.93. The number of aromatic nitrogens is 3. The zero-order valence-corrected chi connectivity index (χ0v) is 12.3. The van der Waals surface area contributed by atoms with E-state index >= 15 is 0 Å². The Labute approximate surface area is 123 Å². The van der Waals surface area contributed by atoms with Crippen molar-refractivity contribution in [3.63, 3.8) is 0 Å². The SMILES string of the molecule is CCOc1ccc(-c2ccc3ncc(Br)n3n2)cc1F. The highest BCUT2D eigenvalue weighted by molar-refractivity contribution is 9.10. The number of rotatable bonds is 3. The summed E-state index contributed by atoms with van der Waals surface area (Å²) in [7, 11) is 0. The predicted octanol–water partition coefficient (Wildman–Crippen LogP) is 3.70. The van der Waals surface area contributed by atoms with Gasteiger partial charge in [0.25, 0.3) is 0 Å². The first-order valence-electron chi connectivity index (χ1n) is 6.12. The summed E-state index contributed by atoms with van der Waals surface area (Å²) in [4.78, 5) is 4.17. The van der Waals surface area contributed by atoms with Crippen LogP contribution in [0.5, 0.6) is 5.75 Å². The Morgan fingerprint density at radius 1 is 1.30 bits per heavy atom. The molecule has 2 aromatic heterocycles. The summed E-state index contributed by atoms with van der Waals surface area (Å²) in [5, 5.41) is 4.42. The third kappa shape index (κ3) is 2.27. The lowest BCUT2D eigenvalue weighted by Crippen LogP contribution is -1.97. The molecule has 1 aromatic carbocycles. The number of benzene rings is 1. The number of fused-ring (bicyclic) bond motifs is 1. The Hall–Kier alpha value is -1.95. The molecule has 0 N–H and O–H groups in total. The van der Waals surface area contributed by atoms with E-state index in [-0.39, 0.29) is 5.75 Å². The van der Waals surface area contributed by atoms with Crippen molar-refractivity contribution < 1.29 is 9.13 Å². The van der Waals surface area contributed by atoms with Gasteiger partial charge in [-0.15, -0.1) is 0 Å². The highest BCUT2D eigenvalue weighted by Gasteiger charge is 2.09. The van der Waals surface area contributed by atoms with Crippen LogP contribution in [0, 0.1) is 5.82 Å². The first-order chi connectivity index (χ1) is 9.69. The standard InChI is InChI=1S/C14H11BrFN3O/c1-2-20-12-5-3-9(7-10(12)16)11-4-6-14-17-8-13(15)19(14)18-11/h3-8H,2H2,1H3. The summed E-state index contributed by atoms with van der Waals surface area (Å²) in [6, 6.07) is 8.46. The van der Waals surface area contributed by atoms with Crippen LogP contribution in [0.15, 0.2) is 41.1 Å². The number of ether oxygens (including phenoxy) is 1. The van der Waals surface area contributed by atoms with Gasteiger partial charge in [0.15, 0.2) is 17.2 Å². The molecule has 0 radical (unpaired) electrons. The molecule has 0 aliphatic carbocycles. The minimum absolute atomic E-state index is 0.251. The van der Waals surface area contributed by atoms with Crippen molar-refractivity contribution in [2.24, 2.45) is 0 Å². The molecule has 0 aliphatic heterocycles. The number of imidazole rings is 1. The van der Waals surface area contributed by atoms with E-state index in [1.54, 1.807) is 22.8 Å². The Morgan fingerprint density at radius 2 is 2.15 bits per heavy atom. The number of hydrogen-bond donors (Lipinski definition) is 0. The second-order valence-corrected chi connectivity index (χ2v) is 4.96. The van der Waals surface area contributed by atoms with Crippen LogP contribution in [-0.4, -0.2) is 21.2 Å². The second kappa shape index (κ2) is 5.20. The maximum absolute atomic E-state index is 13.9. The van der Waals surface area contributed by atoms with Gasteiger partial charge in [-0.2, -0.15) is 5.10 Å². The van der Waals surface area contributed by atoms with Gasteiger partial charge in [0.2, 0.25) is 0 Å². The van der Waals surface area contributed by atoms with Gasteiger partial charge in [-0.1, -0.05) is 0 Å². The van der Waals surface area contributed by atoms with E-state index in [0.29, 0.717) is 17.9 Å². The van der Waals surface area contributed by atoms with Crippen molar-refractivity contribution in [1.29, 1.82) is 0 Å². The fraction of sp³-hybridized carbons (Fsp3) is 0.143. The second-order valence-electron chi connectivity index (χ2n) is 4.15. The van der Waals surface area contributed by atoms with Crippen LogP contribution in [0.3, 0.4) is 0 Å². The van der Waals surface area contributed by atoms with Crippen molar-refractivity contribution in [2.75, 3.05) is 6.61 Å². The highest BCUT2D eigenvalue weighted by atomic mass is 79.9. The predicted molar refractivity (Wildman–Crippen MR) is 77.3 cm³/mol. The van der Waals surface area contributed by atoms with Crippen LogP contribution in [-0.2, 0) is 0 Å². The monoisotopic (exact) mass is 335 g/mol. The maximum Gasteiger partial charge on any atom is 0.165 e. The van der Waals surface area contributed by atoms with E-state index in [9.17, 15) is 4.39 Å². The third-order valence-electron chi connectivity index (χ3n) is 2.85. The lowest BCUT2D eigenvalue weighted by atomic mass is 10.1. The van der Waals surface area contributed by atoms with Gasteiger partial charge in [-0.3, -0.25) is 0 Å². The summed E-state index contributed by atoms with van der Waals surface area (Å²) in [5.74, 6) is -0.142. The van der Waals surface area contributed by atoms with Gasteiger partial charge in [-0.25, -0.2) is 13.9 Å². The fourth-order valence-corrected chi connectivity index (χ4v) is 2.30. The van der Waals surface area contributed by atoms with Crippen LogP contribution in [0.2, 0.25) is 0 Å². The van der Waals surface area contributed by atoms with Gasteiger partial charge < -0.3 is 4.74 Å². The van der Waals surface area contributed by atoms with E-state index in [4.69, 9.17) is 4.74 Å². The van der Waals surface area contributed by atoms with E-state index < -0.39 is 5.82 Å². The molecule has 0 unspecified atom stereocenters. The lowest BCUT2D eigenvalue weighted by molar-refractivity contribution is 0.321. The molecular weight excluding hydrogens is 325 g/mol. The Morgan fingerprint density at radius 3 is 2.90 bits per heavy atom. The summed E-state index contributed by atoms with van der Waals surface area (Å²) >= 11 is 3.36. The largest absolute Gasteiger partial charge is 0.491 e. The molecule has 0 saturated heterocycles. The summed E-state index contributed by atoms with van der Waals surface area (Å²) < 4.78 is 21.5. The molecule has 0 spiro atoms. The van der Waals surface area contributed by atoms with Crippen LogP contribution in [0.25, 0.3) is 16.9 Å². The molecule has 0 amide bonds. The van der Waals surface area contributed by atoms with Crippen LogP contribution >= 0.6 is 15.9 Å². The summed E-state index contributed by atoms with van der Waals surface area (Å²) in [6.07, 6.45) is 1.67. The molecule has 20 heavy (non-hydrogen) atoms. The van der Waals surface area contributed by atoms with Gasteiger partial charge in [0.05, 0.1) is 18.5 Å². The van der Waals surface area contributed by atoms with Crippen LogP contribution in [0.4, 0.5) is 4.39 Å². The average Bonchev–Trinajstić information content (AvgIpc) is 2.82. The molecule has 0 atom stereocenters. The molecule has 6 heteroatoms. The molecule has 0 saturated carbocycles. The lowest BCUT2D eigenvalue weighted by Gasteiger charge is -2.07. The van der Waals surface area contributed by atoms with E-state index in [1.165, 1.54) is 6.07 Å². The zero-order chi connectivity index (χ0) is 14.1. The third-order valence-corrected chi connectivity index (χ3v) is 3.39. The molecule has 3 rings (SSSR count). The van der Waals surface area contributed by atoms with Crippen molar-refractivity contribution in [2.45, 2.75) is 6.92 Å². The van der Waals surface area contributed by atoms with Crippen molar-refractivity contribution in [3.05, 3.63) is 46.9 Å². The Balaban J connectivity index is 2.06. The molecule has 0 aliphatic rings. The number of halogens is 2. The molecule has 3 aromatic rings. The zero-order valence-electron chi connectivity index (χ0n) is 10.7. The highest BCUT2D eigenvalue weighted by Crippen LogP contribution is 2.25. The minimum Gasteiger partial charge on any atom is -0.491 e. The smallest absolute Gasteiger partial charge is 0.165 e. The van der Waals surface area contributed by atoms with Crippen LogP contribution in [0.1, 0.15) is 6.92 Å². The van der Waals surface area contributed by atoms with Crippen LogP contribution < -0.4 is 4.74 Å². The minimum atomic E-state index is -0.393. The van der Waals surface area contributed by atoms with Gasteiger partial charge in [0.1, 0.15) is 4.60 Å². The van der Waals surface area contributed by atoms with Gasteiger partial charge in [-0.05, 0) is 53.2 Å². The molecular formula is C14H11BrFN3O. The van der Waals surface area contributed by atoms with Crippen molar-refractivity contribution in [3.8, 4) is 17.0 Å². The van der Waals surface area contributed by atoms with E-state index in [2.05, 4.69) is 26.0 Å². The first-order valence-corrected chi connectivity index (χ1v) is 6.91. The molecule has 0 fully saturated rings. The number of hydrogen-bond acceptors (Lipinski definition) is 3. The maximum atomic E-state index is 13.9. The molecule has 4 nitrogen and oxygen atoms in total. The molecule has 2 heterocycles. The Bertz CT molecular complexity index is 772. The van der Waals surface area contributed by atoms with Gasteiger partial charge in [0, 0.05) is 5.56 Å². The Kier molecular flexibility index (Phi) is 3.40. The normalized spacial score (nSPS) is 10.9. The topological polar surface area (TPSA) is 39.4 Å². The van der Waals surface area contributed by atoms with Crippen molar-refractivity contribution in [1.82, 2.24) is 14.6 Å². The molecule has 0 bridgehead atoms. The van der Waals surface area contributed by atoms with Gasteiger partial charge >= 0.3 is 0 Å². The van der Waals surface area contributed by atoms with Crippen molar-refractivity contribution >= 4 is 21.6 Å². The number of nitrogens with zero attached hydrogens (tertiary/aromatic N) is 3. The summed E-state index contributed by atoms with van der Waals surface area (Å²) in [6.45, 7) is 2.25. The molecule has 102 valence electrons. The van der Waals surface area contributed by atoms with E-state index in [0.717, 1.165) is 10.3 Å². The summed E-state index contributed by atoms with van der Waals surface area (Å²) in [5.41, 5.74) is 2.08. The average molecular weight is 336 g/mol. The first kappa shape index (κ1) is 13.1. The quantitative estimate of drug-likeness (QED) is 0.732. The van der Waals surface area contributed by atoms with E-state index in [1.807, 2.05) is 19.1 Å².